The normalized spacial score (nSPS) is 23.8. The summed E-state index contributed by atoms with van der Waals surface area (Å²) in [6, 6.07) is 2.02. The van der Waals surface area contributed by atoms with Gasteiger partial charge in [-0.3, -0.25) is 9.80 Å². The van der Waals surface area contributed by atoms with Gasteiger partial charge in [-0.05, 0) is 52.4 Å². The number of rotatable bonds is 4. The molecule has 9 nitrogen and oxygen atoms in total. The van der Waals surface area contributed by atoms with Crippen molar-refractivity contribution in [3.05, 3.63) is 52.9 Å². The number of piperidine rings is 1. The molecule has 2 aliphatic rings. The molecule has 1 aromatic carbocycles. The van der Waals surface area contributed by atoms with E-state index < -0.39 is 45.4 Å². The molecule has 1 fully saturated rings. The Morgan fingerprint density at radius 3 is 2.60 bits per heavy atom. The largest absolute Gasteiger partial charge is 0.444 e. The van der Waals surface area contributed by atoms with E-state index in [9.17, 15) is 22.0 Å². The van der Waals surface area contributed by atoms with Crippen LogP contribution in [0.15, 0.2) is 24.4 Å². The number of likely N-dealkylation sites (N-methyl/N-ethyl adjacent to an activating group) is 1. The van der Waals surface area contributed by atoms with Crippen molar-refractivity contribution in [2.75, 3.05) is 19.8 Å². The van der Waals surface area contributed by atoms with Crippen LogP contribution in [0.5, 0.6) is 0 Å². The van der Waals surface area contributed by atoms with Crippen LogP contribution >= 0.6 is 0 Å². The van der Waals surface area contributed by atoms with Gasteiger partial charge in [0.25, 0.3) is 10.0 Å². The lowest BCUT2D eigenvalue weighted by Crippen LogP contribution is -2.57. The molecule has 0 bridgehead atoms. The fourth-order valence-electron chi connectivity index (χ4n) is 5.00. The van der Waals surface area contributed by atoms with E-state index >= 15 is 0 Å². The van der Waals surface area contributed by atoms with Gasteiger partial charge < -0.3 is 10.1 Å². The molecular weight excluding hydrogens is 480 g/mol. The summed E-state index contributed by atoms with van der Waals surface area (Å²) in [5, 5.41) is 6.88. The first-order valence-corrected chi connectivity index (χ1v) is 13.2. The zero-order valence-electron chi connectivity index (χ0n) is 20.5. The Labute approximate surface area is 204 Å². The van der Waals surface area contributed by atoms with Crippen molar-refractivity contribution in [2.45, 2.75) is 64.0 Å². The monoisotopic (exact) mass is 511 g/mol. The van der Waals surface area contributed by atoms with Crippen LogP contribution < -0.4 is 5.32 Å². The number of aromatic nitrogens is 2. The first-order chi connectivity index (χ1) is 16.2. The Kier molecular flexibility index (Phi) is 6.66. The minimum atomic E-state index is -3.53. The zero-order chi connectivity index (χ0) is 25.7. The number of likely N-dealkylation sites (tertiary alicyclic amines) is 1. The highest BCUT2D eigenvalue weighted by atomic mass is 32.2. The van der Waals surface area contributed by atoms with Crippen LogP contribution in [-0.4, -0.2) is 71.0 Å². The van der Waals surface area contributed by atoms with Gasteiger partial charge in [0.2, 0.25) is 0 Å². The number of benzene rings is 1. The molecule has 12 heteroatoms. The maximum absolute atomic E-state index is 14.8. The number of hydrogen-bond donors (Lipinski definition) is 1. The summed E-state index contributed by atoms with van der Waals surface area (Å²) >= 11 is 0. The quantitative estimate of drug-likeness (QED) is 0.674. The number of nitrogens with zero attached hydrogens (tertiary/aromatic N) is 4. The number of halogens is 2. The molecule has 1 aromatic heterocycles. The van der Waals surface area contributed by atoms with Crippen molar-refractivity contribution in [1.29, 1.82) is 0 Å². The summed E-state index contributed by atoms with van der Waals surface area (Å²) in [4.78, 5) is 16.7. The van der Waals surface area contributed by atoms with E-state index in [-0.39, 0.29) is 11.6 Å². The van der Waals surface area contributed by atoms with Gasteiger partial charge in [0.05, 0.1) is 30.2 Å². The third-order valence-corrected chi connectivity index (χ3v) is 7.28. The molecule has 0 radical (unpaired) electrons. The van der Waals surface area contributed by atoms with Crippen LogP contribution in [-0.2, 0) is 27.8 Å². The van der Waals surface area contributed by atoms with Crippen LogP contribution in [0.25, 0.3) is 0 Å². The summed E-state index contributed by atoms with van der Waals surface area (Å²) in [7, 11) is -1.73. The molecule has 0 spiro atoms. The maximum atomic E-state index is 14.8. The number of carbonyl (C=O) groups is 1. The van der Waals surface area contributed by atoms with E-state index in [1.807, 2.05) is 4.90 Å². The maximum Gasteiger partial charge on any atom is 0.407 e. The van der Waals surface area contributed by atoms with Crippen LogP contribution in [0.1, 0.15) is 50.1 Å². The Hall–Kier alpha value is -2.57. The summed E-state index contributed by atoms with van der Waals surface area (Å²) in [6.07, 6.45) is 2.46. The molecule has 0 unspecified atom stereocenters. The lowest BCUT2D eigenvalue weighted by Gasteiger charge is -2.46. The number of amides is 1. The van der Waals surface area contributed by atoms with E-state index in [1.165, 1.54) is 0 Å². The van der Waals surface area contributed by atoms with Crippen molar-refractivity contribution in [3.63, 3.8) is 0 Å². The Bertz CT molecular complexity index is 1230. The van der Waals surface area contributed by atoms with Crippen LogP contribution in [0.2, 0.25) is 0 Å². The van der Waals surface area contributed by atoms with Crippen molar-refractivity contribution in [3.8, 4) is 0 Å². The first-order valence-electron chi connectivity index (χ1n) is 11.4. The average Bonchev–Trinajstić information content (AvgIpc) is 3.28. The predicted molar refractivity (Wildman–Crippen MR) is 125 cm³/mol. The van der Waals surface area contributed by atoms with Crippen molar-refractivity contribution >= 4 is 16.1 Å². The number of hydrogen-bond acceptors (Lipinski definition) is 7. The van der Waals surface area contributed by atoms with Crippen molar-refractivity contribution < 1.29 is 26.7 Å². The van der Waals surface area contributed by atoms with Crippen molar-refractivity contribution in [2.24, 2.45) is 0 Å². The van der Waals surface area contributed by atoms with E-state index in [4.69, 9.17) is 4.74 Å². The van der Waals surface area contributed by atoms with Gasteiger partial charge in [0.1, 0.15) is 17.2 Å². The van der Waals surface area contributed by atoms with Crippen LogP contribution in [0.4, 0.5) is 13.6 Å². The second-order valence-corrected chi connectivity index (χ2v) is 12.1. The summed E-state index contributed by atoms with van der Waals surface area (Å²) in [5.74, 6) is -1.12. The highest BCUT2D eigenvalue weighted by molar-refractivity contribution is 7.89. The van der Waals surface area contributed by atoms with Crippen molar-refractivity contribution in [1.82, 2.24) is 24.3 Å². The first kappa shape index (κ1) is 25.5. The molecule has 35 heavy (non-hydrogen) atoms. The topological polar surface area (TPSA) is 96.8 Å². The molecule has 1 saturated heterocycles. The third-order valence-electron chi connectivity index (χ3n) is 6.34. The number of fused-ring (bicyclic) bond motifs is 1. The molecule has 1 N–H and O–H groups in total. The van der Waals surface area contributed by atoms with Crippen LogP contribution in [0.3, 0.4) is 0 Å². The fourth-order valence-corrected chi connectivity index (χ4v) is 5.79. The Balaban J connectivity index is 1.60. The van der Waals surface area contributed by atoms with Gasteiger partial charge in [0, 0.05) is 36.8 Å². The molecule has 3 heterocycles. The summed E-state index contributed by atoms with van der Waals surface area (Å²) in [6.45, 7) is 6.63. The third kappa shape index (κ3) is 5.49. The lowest BCUT2D eigenvalue weighted by molar-refractivity contribution is 0.0257. The van der Waals surface area contributed by atoms with Gasteiger partial charge >= 0.3 is 6.09 Å². The smallest absolute Gasteiger partial charge is 0.407 e. The summed E-state index contributed by atoms with van der Waals surface area (Å²) < 4.78 is 59.5. The second kappa shape index (κ2) is 9.14. The van der Waals surface area contributed by atoms with E-state index in [0.717, 1.165) is 34.1 Å². The zero-order valence-corrected chi connectivity index (χ0v) is 21.3. The van der Waals surface area contributed by atoms with Gasteiger partial charge in [-0.1, -0.05) is 0 Å². The molecule has 0 saturated carbocycles. The molecule has 4 rings (SSSR count). The number of carbonyl (C=O) groups excluding carboxylic acids is 1. The Morgan fingerprint density at radius 2 is 1.94 bits per heavy atom. The second-order valence-electron chi connectivity index (χ2n) is 10.3. The number of ether oxygens (including phenoxy) is 1. The Morgan fingerprint density at radius 1 is 1.23 bits per heavy atom. The van der Waals surface area contributed by atoms with Gasteiger partial charge in [-0.2, -0.15) is 9.19 Å². The fraction of sp³-hybridized carbons (Fsp3) is 0.565. The van der Waals surface area contributed by atoms with Gasteiger partial charge in [0.15, 0.2) is 0 Å². The standard InChI is InChI=1S/C23H31F2N5O4S/c1-23(2,3)34-22(31)27-19-9-16(12-28(4)21(19)17-8-15(24)6-7-18(17)25)29-11-14-10-26-30(20(14)13-29)35(5,32)33/h6-8,10,16,19,21H,9,11-13H2,1-5H3,(H,27,31)/t16-,19+,21-/m1/s1. The number of nitrogens with one attached hydrogen (secondary N) is 1. The van der Waals surface area contributed by atoms with Gasteiger partial charge in [-0.15, -0.1) is 0 Å². The predicted octanol–water partition coefficient (Wildman–Crippen LogP) is 2.62. The van der Waals surface area contributed by atoms with E-state index in [0.29, 0.717) is 31.7 Å². The van der Waals surface area contributed by atoms with E-state index in [2.05, 4.69) is 15.3 Å². The minimum absolute atomic E-state index is 0.0896. The molecule has 0 aliphatic carbocycles. The van der Waals surface area contributed by atoms with E-state index in [1.54, 1.807) is 34.0 Å². The molecular formula is C23H31F2N5O4S. The molecule has 1 amide bonds. The highest BCUT2D eigenvalue weighted by Gasteiger charge is 2.42. The average molecular weight is 512 g/mol. The SMILES string of the molecule is CN1C[C@H](N2Cc3cnn(S(C)(=O)=O)c3C2)C[C@H](NC(=O)OC(C)(C)C)[C@H]1c1cc(F)ccc1F. The van der Waals surface area contributed by atoms with Crippen LogP contribution in [0, 0.1) is 11.6 Å². The minimum Gasteiger partial charge on any atom is -0.444 e. The lowest BCUT2D eigenvalue weighted by atomic mass is 9.87. The molecule has 3 atom stereocenters. The number of alkyl carbamates (subject to hydrolysis) is 1. The molecule has 2 aliphatic heterocycles. The molecule has 2 aromatic rings. The van der Waals surface area contributed by atoms with Gasteiger partial charge in [-0.25, -0.2) is 22.0 Å². The molecule has 192 valence electrons. The summed E-state index contributed by atoms with van der Waals surface area (Å²) in [5.41, 5.74) is 0.875. The highest BCUT2D eigenvalue weighted by Crippen LogP contribution is 2.36.